The Bertz CT molecular complexity index is 1000. The first-order valence-corrected chi connectivity index (χ1v) is 10.3. The molecule has 2 aromatic carbocycles. The highest BCUT2D eigenvalue weighted by Gasteiger charge is 2.42. The molecule has 0 bridgehead atoms. The SMILES string of the molecule is CCC=C[C@H]1CC[C@H](c2cc(F)c(C(F)(F)Oc3cc(F)c(C#N)c(F)c3)c(F)c2)CC1. The molecule has 1 aliphatic rings. The number of rotatable bonds is 6. The lowest BCUT2D eigenvalue weighted by atomic mass is 9.78. The van der Waals surface area contributed by atoms with Gasteiger partial charge in [0.1, 0.15) is 46.2 Å². The van der Waals surface area contributed by atoms with Gasteiger partial charge in [0.15, 0.2) is 0 Å². The Balaban J connectivity index is 1.81. The zero-order chi connectivity index (χ0) is 23.5. The third kappa shape index (κ3) is 5.09. The molecule has 0 spiro atoms. The summed E-state index contributed by atoms with van der Waals surface area (Å²) >= 11 is 0. The number of benzene rings is 2. The van der Waals surface area contributed by atoms with E-state index in [1.807, 2.05) is 6.92 Å². The van der Waals surface area contributed by atoms with E-state index in [2.05, 4.69) is 16.9 Å². The van der Waals surface area contributed by atoms with Crippen LogP contribution in [0.1, 0.15) is 61.6 Å². The van der Waals surface area contributed by atoms with Crippen molar-refractivity contribution < 1.29 is 31.1 Å². The fraction of sp³-hybridized carbons (Fsp3) is 0.375. The summed E-state index contributed by atoms with van der Waals surface area (Å²) in [4.78, 5) is 0. The Kier molecular flexibility index (Phi) is 7.17. The molecular formula is C24H21F6NO. The van der Waals surface area contributed by atoms with E-state index in [1.165, 1.54) is 6.07 Å². The number of nitrogens with zero attached hydrogens (tertiary/aromatic N) is 1. The normalized spacial score (nSPS) is 19.2. The van der Waals surface area contributed by atoms with Crippen LogP contribution in [0.15, 0.2) is 36.4 Å². The molecule has 2 aromatic rings. The van der Waals surface area contributed by atoms with Crippen molar-refractivity contribution in [1.29, 1.82) is 5.26 Å². The maximum Gasteiger partial charge on any atom is 0.432 e. The standard InChI is InChI=1S/C24H21F6NO/c1-2-3-4-14-5-7-15(8-6-14)16-9-21(27)23(22(28)10-16)24(29,30)32-17-11-19(25)18(13-31)20(26)12-17/h3-4,9-12,14-15H,2,5-8H2,1H3/t14-,15-. The second-order valence-corrected chi connectivity index (χ2v) is 7.80. The summed E-state index contributed by atoms with van der Waals surface area (Å²) in [5.41, 5.74) is -2.35. The fourth-order valence-corrected chi connectivity index (χ4v) is 3.99. The Hall–Kier alpha value is -2.95. The zero-order valence-corrected chi connectivity index (χ0v) is 17.3. The monoisotopic (exact) mass is 453 g/mol. The average Bonchev–Trinajstić information content (AvgIpc) is 2.71. The van der Waals surface area contributed by atoms with Crippen molar-refractivity contribution in [3.8, 4) is 11.8 Å². The molecule has 0 saturated heterocycles. The molecule has 0 heterocycles. The summed E-state index contributed by atoms with van der Waals surface area (Å²) in [6.07, 6.45) is 3.61. The molecule has 1 aliphatic carbocycles. The maximum absolute atomic E-state index is 14.6. The molecule has 3 rings (SSSR count). The number of hydrogen-bond donors (Lipinski definition) is 0. The van der Waals surface area contributed by atoms with Gasteiger partial charge >= 0.3 is 6.11 Å². The van der Waals surface area contributed by atoms with E-state index >= 15 is 0 Å². The minimum absolute atomic E-state index is 0.157. The summed E-state index contributed by atoms with van der Waals surface area (Å²) in [5.74, 6) is -6.65. The van der Waals surface area contributed by atoms with Crippen LogP contribution in [0.4, 0.5) is 26.3 Å². The minimum Gasteiger partial charge on any atom is -0.429 e. The molecule has 0 aliphatic heterocycles. The Morgan fingerprint density at radius 2 is 1.53 bits per heavy atom. The predicted octanol–water partition coefficient (Wildman–Crippen LogP) is 7.48. The van der Waals surface area contributed by atoms with Crippen LogP contribution in [0.25, 0.3) is 0 Å². The van der Waals surface area contributed by atoms with Crippen LogP contribution >= 0.6 is 0 Å². The van der Waals surface area contributed by atoms with Crippen molar-refractivity contribution in [3.63, 3.8) is 0 Å². The zero-order valence-electron chi connectivity index (χ0n) is 17.3. The van der Waals surface area contributed by atoms with Gasteiger partial charge in [-0.05, 0) is 61.6 Å². The third-order valence-corrected chi connectivity index (χ3v) is 5.62. The number of alkyl halides is 2. The van der Waals surface area contributed by atoms with E-state index in [4.69, 9.17) is 5.26 Å². The molecule has 2 nitrogen and oxygen atoms in total. The maximum atomic E-state index is 14.6. The lowest BCUT2D eigenvalue weighted by Crippen LogP contribution is -2.26. The smallest absolute Gasteiger partial charge is 0.429 e. The van der Waals surface area contributed by atoms with E-state index in [1.54, 1.807) is 0 Å². The number of hydrogen-bond acceptors (Lipinski definition) is 2. The first kappa shape index (κ1) is 23.7. The Morgan fingerprint density at radius 3 is 2.03 bits per heavy atom. The molecule has 0 N–H and O–H groups in total. The van der Waals surface area contributed by atoms with E-state index in [-0.39, 0.29) is 11.5 Å². The van der Waals surface area contributed by atoms with Crippen LogP contribution in [0.2, 0.25) is 0 Å². The molecule has 1 fully saturated rings. The highest BCUT2D eigenvalue weighted by atomic mass is 19.3. The van der Waals surface area contributed by atoms with Gasteiger partial charge in [0.25, 0.3) is 0 Å². The van der Waals surface area contributed by atoms with Crippen LogP contribution in [-0.2, 0) is 6.11 Å². The molecule has 0 radical (unpaired) electrons. The summed E-state index contributed by atoms with van der Waals surface area (Å²) in [7, 11) is 0. The van der Waals surface area contributed by atoms with Gasteiger partial charge in [-0.3, -0.25) is 0 Å². The molecule has 0 amide bonds. The highest BCUT2D eigenvalue weighted by Crippen LogP contribution is 2.40. The van der Waals surface area contributed by atoms with Gasteiger partial charge < -0.3 is 4.74 Å². The molecule has 32 heavy (non-hydrogen) atoms. The van der Waals surface area contributed by atoms with Gasteiger partial charge in [-0.1, -0.05) is 19.1 Å². The second kappa shape index (κ2) is 9.68. The van der Waals surface area contributed by atoms with E-state index < -0.39 is 46.3 Å². The van der Waals surface area contributed by atoms with Gasteiger partial charge in [-0.2, -0.15) is 14.0 Å². The topological polar surface area (TPSA) is 33.0 Å². The Labute approximate surface area is 182 Å². The van der Waals surface area contributed by atoms with Gasteiger partial charge in [-0.25, -0.2) is 17.6 Å². The largest absolute Gasteiger partial charge is 0.432 e. The van der Waals surface area contributed by atoms with Crippen molar-refractivity contribution >= 4 is 0 Å². The van der Waals surface area contributed by atoms with Crippen LogP contribution in [-0.4, -0.2) is 0 Å². The molecule has 170 valence electrons. The summed E-state index contributed by atoms with van der Waals surface area (Å²) in [5, 5.41) is 8.64. The van der Waals surface area contributed by atoms with Crippen LogP contribution in [0, 0.1) is 40.5 Å². The van der Waals surface area contributed by atoms with Gasteiger partial charge in [0, 0.05) is 12.1 Å². The first-order valence-electron chi connectivity index (χ1n) is 10.3. The first-order chi connectivity index (χ1) is 15.2. The fourth-order valence-electron chi connectivity index (χ4n) is 3.99. The molecule has 1 saturated carbocycles. The van der Waals surface area contributed by atoms with Crippen LogP contribution in [0.3, 0.4) is 0 Å². The highest BCUT2D eigenvalue weighted by molar-refractivity contribution is 5.39. The second-order valence-electron chi connectivity index (χ2n) is 7.80. The van der Waals surface area contributed by atoms with Gasteiger partial charge in [-0.15, -0.1) is 0 Å². The van der Waals surface area contributed by atoms with E-state index in [0.29, 0.717) is 30.9 Å². The molecule has 0 aromatic heterocycles. The van der Waals surface area contributed by atoms with Gasteiger partial charge in [0.2, 0.25) is 0 Å². The molecule has 0 unspecified atom stereocenters. The third-order valence-electron chi connectivity index (χ3n) is 5.62. The summed E-state index contributed by atoms with van der Waals surface area (Å²) < 4.78 is 89.8. The quantitative estimate of drug-likeness (QED) is 0.336. The lowest BCUT2D eigenvalue weighted by molar-refractivity contribution is -0.189. The minimum atomic E-state index is -4.54. The van der Waals surface area contributed by atoms with Crippen molar-refractivity contribution in [1.82, 2.24) is 0 Å². The lowest BCUT2D eigenvalue weighted by Gasteiger charge is -2.28. The van der Waals surface area contributed by atoms with Crippen molar-refractivity contribution in [2.24, 2.45) is 5.92 Å². The molecule has 8 heteroatoms. The van der Waals surface area contributed by atoms with Crippen molar-refractivity contribution in [2.75, 3.05) is 0 Å². The molecule has 0 atom stereocenters. The van der Waals surface area contributed by atoms with Crippen LogP contribution < -0.4 is 4.74 Å². The van der Waals surface area contributed by atoms with E-state index in [0.717, 1.165) is 31.4 Å². The number of allylic oxidation sites excluding steroid dienone is 2. The van der Waals surface area contributed by atoms with Gasteiger partial charge in [0.05, 0.1) is 0 Å². The summed E-state index contributed by atoms with van der Waals surface area (Å²) in [6, 6.07) is 3.67. The summed E-state index contributed by atoms with van der Waals surface area (Å²) in [6.45, 7) is 2.03. The van der Waals surface area contributed by atoms with Crippen molar-refractivity contribution in [3.05, 3.63) is 76.4 Å². The van der Waals surface area contributed by atoms with E-state index in [9.17, 15) is 26.3 Å². The average molecular weight is 453 g/mol. The number of ether oxygens (including phenoxy) is 1. The van der Waals surface area contributed by atoms with Crippen molar-refractivity contribution in [2.45, 2.75) is 51.1 Å². The predicted molar refractivity (Wildman–Crippen MR) is 106 cm³/mol. The number of halogens is 6. The number of nitriles is 1. The van der Waals surface area contributed by atoms with Crippen LogP contribution in [0.5, 0.6) is 5.75 Å². The Morgan fingerprint density at radius 1 is 0.969 bits per heavy atom. The molecular weight excluding hydrogens is 432 g/mol.